The normalized spacial score (nSPS) is 13.7. The van der Waals surface area contributed by atoms with Gasteiger partial charge in [-0.1, -0.05) is 210 Å². The third kappa shape index (κ3) is 6.52. The van der Waals surface area contributed by atoms with Crippen molar-refractivity contribution in [1.82, 2.24) is 0 Å². The Bertz CT molecular complexity index is 3820. The van der Waals surface area contributed by atoms with E-state index in [0.717, 1.165) is 17.1 Å². The van der Waals surface area contributed by atoms with Crippen molar-refractivity contribution < 1.29 is 0 Å². The number of anilines is 3. The Labute approximate surface area is 405 Å². The van der Waals surface area contributed by atoms with Gasteiger partial charge in [0.05, 0.1) is 5.69 Å². The molecule has 1 heteroatoms. The zero-order valence-corrected chi connectivity index (χ0v) is 39.5. The topological polar surface area (TPSA) is 3.24 Å². The monoisotopic (exact) mass is 881 g/mol. The zero-order chi connectivity index (χ0) is 46.4. The van der Waals surface area contributed by atoms with Crippen LogP contribution in [0.2, 0.25) is 0 Å². The first-order valence-corrected chi connectivity index (χ1v) is 24.3. The summed E-state index contributed by atoms with van der Waals surface area (Å²) in [7, 11) is 0. The lowest BCUT2D eigenvalue weighted by Gasteiger charge is -2.29. The average molecular weight is 882 g/mol. The summed E-state index contributed by atoms with van der Waals surface area (Å²) >= 11 is 0. The number of fused-ring (bicyclic) bond motifs is 8. The first kappa shape index (κ1) is 41.0. The van der Waals surface area contributed by atoms with E-state index in [0.29, 0.717) is 0 Å². The molecule has 0 atom stereocenters. The van der Waals surface area contributed by atoms with Crippen LogP contribution in [0.3, 0.4) is 0 Å². The third-order valence-corrected chi connectivity index (χ3v) is 15.5. The maximum absolute atomic E-state index is 2.46. The van der Waals surface area contributed by atoms with Gasteiger partial charge in [-0.15, -0.1) is 0 Å². The lowest BCUT2D eigenvalue weighted by atomic mass is 9.81. The van der Waals surface area contributed by atoms with E-state index in [2.05, 4.69) is 269 Å². The van der Waals surface area contributed by atoms with Gasteiger partial charge >= 0.3 is 0 Å². The molecule has 328 valence electrons. The van der Waals surface area contributed by atoms with Crippen LogP contribution in [0.4, 0.5) is 17.1 Å². The van der Waals surface area contributed by atoms with E-state index in [1.165, 1.54) is 111 Å². The van der Waals surface area contributed by atoms with Crippen molar-refractivity contribution in [1.29, 1.82) is 0 Å². The Hall–Kier alpha value is -8.26. The van der Waals surface area contributed by atoms with Gasteiger partial charge in [0.15, 0.2) is 0 Å². The van der Waals surface area contributed by atoms with Crippen molar-refractivity contribution in [2.75, 3.05) is 4.90 Å². The summed E-state index contributed by atoms with van der Waals surface area (Å²) in [6, 6.07) is 88.1. The van der Waals surface area contributed by atoms with E-state index in [1.807, 2.05) is 0 Å². The van der Waals surface area contributed by atoms with Crippen LogP contribution in [-0.4, -0.2) is 0 Å². The van der Waals surface area contributed by atoms with Crippen molar-refractivity contribution in [3.8, 4) is 66.8 Å². The number of benzene rings is 11. The number of para-hydroxylation sites is 1. The summed E-state index contributed by atoms with van der Waals surface area (Å²) in [4.78, 5) is 2.46. The molecule has 11 aromatic carbocycles. The Kier molecular flexibility index (Phi) is 9.30. The predicted octanol–water partition coefficient (Wildman–Crippen LogP) is 18.7. The summed E-state index contributed by atoms with van der Waals surface area (Å²) in [6.45, 7) is 9.48. The molecule has 2 aliphatic rings. The van der Waals surface area contributed by atoms with Gasteiger partial charge in [-0.3, -0.25) is 0 Å². The first-order valence-electron chi connectivity index (χ1n) is 24.3. The highest BCUT2D eigenvalue weighted by atomic mass is 15.1. The Balaban J connectivity index is 0.927. The van der Waals surface area contributed by atoms with Crippen molar-refractivity contribution >= 4 is 38.6 Å². The summed E-state index contributed by atoms with van der Waals surface area (Å²) in [5.74, 6) is 0. The van der Waals surface area contributed by atoms with Gasteiger partial charge in [-0.05, 0) is 160 Å². The van der Waals surface area contributed by atoms with Crippen LogP contribution >= 0.6 is 0 Å². The number of nitrogens with zero attached hydrogens (tertiary/aromatic N) is 1. The molecular formula is C68H51N. The minimum absolute atomic E-state index is 0.0221. The van der Waals surface area contributed by atoms with Gasteiger partial charge in [0.25, 0.3) is 0 Å². The van der Waals surface area contributed by atoms with Crippen LogP contribution in [-0.2, 0) is 10.8 Å². The fourth-order valence-electron chi connectivity index (χ4n) is 11.9. The Morgan fingerprint density at radius 1 is 0.261 bits per heavy atom. The smallest absolute Gasteiger partial charge is 0.0540 e. The maximum atomic E-state index is 2.46. The maximum Gasteiger partial charge on any atom is 0.0540 e. The predicted molar refractivity (Wildman–Crippen MR) is 293 cm³/mol. The Morgan fingerprint density at radius 2 is 0.739 bits per heavy atom. The third-order valence-electron chi connectivity index (χ3n) is 15.5. The van der Waals surface area contributed by atoms with Crippen LogP contribution < -0.4 is 4.90 Å². The number of hydrogen-bond donors (Lipinski definition) is 0. The molecule has 69 heavy (non-hydrogen) atoms. The molecule has 1 nitrogen and oxygen atoms in total. The lowest BCUT2D eigenvalue weighted by molar-refractivity contribution is 0.660. The molecule has 0 saturated heterocycles. The molecule has 0 aromatic heterocycles. The van der Waals surface area contributed by atoms with Crippen LogP contribution in [0.15, 0.2) is 237 Å². The van der Waals surface area contributed by atoms with Gasteiger partial charge in [0.2, 0.25) is 0 Å². The van der Waals surface area contributed by atoms with Crippen LogP contribution in [0.1, 0.15) is 49.9 Å². The molecule has 0 saturated carbocycles. The second kappa shape index (κ2) is 15.7. The molecule has 0 unspecified atom stereocenters. The molecule has 0 bridgehead atoms. The van der Waals surface area contributed by atoms with Gasteiger partial charge in [-0.2, -0.15) is 0 Å². The first-order chi connectivity index (χ1) is 33.7. The van der Waals surface area contributed by atoms with Crippen LogP contribution in [0, 0.1) is 0 Å². The number of hydrogen-bond acceptors (Lipinski definition) is 1. The van der Waals surface area contributed by atoms with Crippen molar-refractivity contribution in [2.24, 2.45) is 0 Å². The average Bonchev–Trinajstić information content (AvgIpc) is 3.76. The minimum atomic E-state index is -0.154. The minimum Gasteiger partial charge on any atom is -0.310 e. The van der Waals surface area contributed by atoms with E-state index in [-0.39, 0.29) is 10.8 Å². The number of rotatable bonds is 7. The summed E-state index contributed by atoms with van der Waals surface area (Å²) in [5.41, 5.74) is 23.8. The quantitative estimate of drug-likeness (QED) is 0.154. The largest absolute Gasteiger partial charge is 0.310 e. The lowest BCUT2D eigenvalue weighted by Crippen LogP contribution is -2.15. The molecule has 2 aliphatic carbocycles. The highest BCUT2D eigenvalue weighted by molar-refractivity contribution is 6.05. The zero-order valence-electron chi connectivity index (χ0n) is 39.5. The van der Waals surface area contributed by atoms with Crippen molar-refractivity contribution in [3.63, 3.8) is 0 Å². The summed E-state index contributed by atoms with van der Waals surface area (Å²) in [6.07, 6.45) is 0. The van der Waals surface area contributed by atoms with Gasteiger partial charge in [-0.25, -0.2) is 0 Å². The molecule has 0 N–H and O–H groups in total. The van der Waals surface area contributed by atoms with Gasteiger partial charge < -0.3 is 4.90 Å². The van der Waals surface area contributed by atoms with Crippen molar-refractivity contribution in [3.05, 3.63) is 259 Å². The molecule has 0 fully saturated rings. The van der Waals surface area contributed by atoms with Crippen LogP contribution in [0.5, 0.6) is 0 Å². The molecular weight excluding hydrogens is 831 g/mol. The fraction of sp³-hybridized carbons (Fsp3) is 0.0882. The van der Waals surface area contributed by atoms with E-state index in [4.69, 9.17) is 0 Å². The van der Waals surface area contributed by atoms with Crippen LogP contribution in [0.25, 0.3) is 88.3 Å². The van der Waals surface area contributed by atoms with Gasteiger partial charge in [0, 0.05) is 27.8 Å². The molecule has 11 aromatic rings. The molecule has 0 radical (unpaired) electrons. The summed E-state index contributed by atoms with van der Waals surface area (Å²) < 4.78 is 0. The highest BCUT2D eigenvalue weighted by Gasteiger charge is 2.37. The molecule has 13 rings (SSSR count). The second-order valence-corrected chi connectivity index (χ2v) is 20.1. The van der Waals surface area contributed by atoms with Crippen molar-refractivity contribution in [2.45, 2.75) is 38.5 Å². The fourth-order valence-corrected chi connectivity index (χ4v) is 11.9. The molecule has 0 spiro atoms. The highest BCUT2D eigenvalue weighted by Crippen LogP contribution is 2.53. The van der Waals surface area contributed by atoms with Gasteiger partial charge in [0.1, 0.15) is 0 Å². The summed E-state index contributed by atoms with van der Waals surface area (Å²) in [5, 5.41) is 5.07. The van der Waals surface area contributed by atoms with E-state index < -0.39 is 0 Å². The second-order valence-electron chi connectivity index (χ2n) is 20.1. The Morgan fingerprint density at radius 3 is 1.45 bits per heavy atom. The molecule has 0 aliphatic heterocycles. The standard InChI is InChI=1S/C68H51N/c1-67(2)63-37-31-48(47-27-28-49-42-65-59(41-50(49)39-47)58-24-13-15-25-62(58)68(65,3)4)40-60(63)61-43-52(34-38-64(61)67)69(66-26-16-14-21-55(66)45-19-9-6-10-20-45)51-32-29-46(30-33-51)54-36-35-53(44-17-7-5-8-18-44)56-22-11-12-23-57(54)56/h5-43H,1-4H3. The van der Waals surface area contributed by atoms with E-state index in [9.17, 15) is 0 Å². The molecule has 0 amide bonds. The van der Waals surface area contributed by atoms with E-state index in [1.54, 1.807) is 0 Å². The SMILES string of the molecule is CC1(C)c2ccc(-c3ccc4cc5c(cc4c3)-c3ccccc3C5(C)C)cc2-c2cc(N(c3ccc(-c4ccc(-c5ccccc5)c5ccccc45)cc3)c3ccccc3-c3ccccc3)ccc21. The van der Waals surface area contributed by atoms with E-state index >= 15 is 0 Å². The molecule has 0 heterocycles.